The lowest BCUT2D eigenvalue weighted by atomic mass is 9.94. The Bertz CT molecular complexity index is 113. The molecule has 3 nitrogen and oxygen atoms in total. The van der Waals surface area contributed by atoms with Crippen LogP contribution in [-0.4, -0.2) is 23.7 Å². The van der Waals surface area contributed by atoms with Gasteiger partial charge in [-0.15, -0.1) is 0 Å². The number of hydrogen-bond acceptors (Lipinski definition) is 2. The summed E-state index contributed by atoms with van der Waals surface area (Å²) >= 11 is 0. The number of nitrogens with one attached hydrogen (secondary N) is 1. The number of aliphatic carboxylic acids is 1. The summed E-state index contributed by atoms with van der Waals surface area (Å²) in [6, 6.07) is 0.174. The number of carbonyl (C=O) groups is 1. The van der Waals surface area contributed by atoms with E-state index in [1.54, 1.807) is 0 Å². The normalized spacial score (nSPS) is 36.1. The monoisotopic (exact) mass is 115 g/mol. The van der Waals surface area contributed by atoms with E-state index in [0.29, 0.717) is 6.54 Å². The second-order valence-corrected chi connectivity index (χ2v) is 2.14. The summed E-state index contributed by atoms with van der Waals surface area (Å²) in [6.45, 7) is 2.51. The van der Waals surface area contributed by atoms with E-state index < -0.39 is 5.97 Å². The summed E-state index contributed by atoms with van der Waals surface area (Å²) < 4.78 is 0. The van der Waals surface area contributed by atoms with Gasteiger partial charge in [0, 0.05) is 12.6 Å². The first-order chi connectivity index (χ1) is 3.72. The lowest BCUT2D eigenvalue weighted by molar-refractivity contribution is -0.145. The smallest absolute Gasteiger partial charge is 0.309 e. The molecule has 1 aliphatic rings. The zero-order valence-corrected chi connectivity index (χ0v) is 4.72. The fraction of sp³-hybridized carbons (Fsp3) is 0.800. The van der Waals surface area contributed by atoms with E-state index in [9.17, 15) is 4.79 Å². The number of rotatable bonds is 1. The van der Waals surface area contributed by atoms with Gasteiger partial charge >= 0.3 is 5.97 Å². The molecule has 1 saturated heterocycles. The summed E-state index contributed by atoms with van der Waals surface area (Å²) in [4.78, 5) is 10.2. The first-order valence-corrected chi connectivity index (χ1v) is 2.68. The molecule has 3 heteroatoms. The summed E-state index contributed by atoms with van der Waals surface area (Å²) in [6.07, 6.45) is 0. The molecular formula is C5H9NO2. The van der Waals surface area contributed by atoms with Crippen LogP contribution in [0, 0.1) is 5.92 Å². The van der Waals surface area contributed by atoms with Gasteiger partial charge < -0.3 is 10.4 Å². The molecule has 1 fully saturated rings. The minimum absolute atomic E-state index is 0.144. The lowest BCUT2D eigenvalue weighted by Crippen LogP contribution is -2.54. The van der Waals surface area contributed by atoms with Crippen LogP contribution in [0.1, 0.15) is 6.92 Å². The van der Waals surface area contributed by atoms with Crippen LogP contribution in [-0.2, 0) is 4.79 Å². The Kier molecular flexibility index (Phi) is 1.21. The van der Waals surface area contributed by atoms with Gasteiger partial charge in [0.1, 0.15) is 0 Å². The van der Waals surface area contributed by atoms with E-state index in [0.717, 1.165) is 0 Å². The molecular weight excluding hydrogens is 106 g/mol. The molecule has 0 saturated carbocycles. The van der Waals surface area contributed by atoms with Crippen molar-refractivity contribution in [1.29, 1.82) is 0 Å². The quantitative estimate of drug-likeness (QED) is 0.492. The van der Waals surface area contributed by atoms with Gasteiger partial charge in [0.05, 0.1) is 5.92 Å². The van der Waals surface area contributed by atoms with Crippen molar-refractivity contribution in [3.05, 3.63) is 0 Å². The van der Waals surface area contributed by atoms with Crippen LogP contribution in [0.4, 0.5) is 0 Å². The predicted molar refractivity (Wildman–Crippen MR) is 28.6 cm³/mol. The molecule has 2 N–H and O–H groups in total. The summed E-state index contributed by atoms with van der Waals surface area (Å²) in [5.41, 5.74) is 0. The van der Waals surface area contributed by atoms with Crippen molar-refractivity contribution in [3.63, 3.8) is 0 Å². The van der Waals surface area contributed by atoms with Crippen LogP contribution in [0.3, 0.4) is 0 Å². The van der Waals surface area contributed by atoms with E-state index in [-0.39, 0.29) is 12.0 Å². The molecule has 0 aromatic rings. The molecule has 0 aromatic carbocycles. The van der Waals surface area contributed by atoms with Gasteiger partial charge in [0.25, 0.3) is 0 Å². The average Bonchev–Trinajstić information content (AvgIpc) is 1.61. The molecule has 0 radical (unpaired) electrons. The Labute approximate surface area is 47.7 Å². The van der Waals surface area contributed by atoms with Crippen molar-refractivity contribution in [3.8, 4) is 0 Å². The van der Waals surface area contributed by atoms with Crippen molar-refractivity contribution in [2.45, 2.75) is 13.0 Å². The minimum atomic E-state index is -0.684. The predicted octanol–water partition coefficient (Wildman–Crippen LogP) is -0.321. The molecule has 8 heavy (non-hydrogen) atoms. The first kappa shape index (κ1) is 5.56. The van der Waals surface area contributed by atoms with E-state index >= 15 is 0 Å². The van der Waals surface area contributed by atoms with Crippen molar-refractivity contribution >= 4 is 5.97 Å². The molecule has 0 bridgehead atoms. The van der Waals surface area contributed by atoms with Gasteiger partial charge in [-0.3, -0.25) is 4.79 Å². The van der Waals surface area contributed by atoms with Crippen LogP contribution in [0.25, 0.3) is 0 Å². The number of carboxylic acids is 1. The van der Waals surface area contributed by atoms with Crippen molar-refractivity contribution in [2.24, 2.45) is 5.92 Å². The standard InChI is InChI=1S/C5H9NO2/c1-3-4(2-6-3)5(7)8/h3-4,6H,2H2,1H3,(H,7,8)/t3-,4?/m1/s1. The molecule has 0 spiro atoms. The van der Waals surface area contributed by atoms with Crippen LogP contribution in [0.15, 0.2) is 0 Å². The fourth-order valence-electron chi connectivity index (χ4n) is 0.773. The summed E-state index contributed by atoms with van der Waals surface area (Å²) in [5.74, 6) is -0.828. The second kappa shape index (κ2) is 1.74. The molecule has 2 atom stereocenters. The first-order valence-electron chi connectivity index (χ1n) is 2.68. The van der Waals surface area contributed by atoms with Crippen molar-refractivity contribution < 1.29 is 9.90 Å². The van der Waals surface area contributed by atoms with E-state index in [4.69, 9.17) is 5.11 Å². The summed E-state index contributed by atoms with van der Waals surface area (Å²) in [7, 11) is 0. The highest BCUT2D eigenvalue weighted by Gasteiger charge is 2.31. The van der Waals surface area contributed by atoms with E-state index in [1.807, 2.05) is 6.92 Å². The highest BCUT2D eigenvalue weighted by atomic mass is 16.4. The molecule has 0 amide bonds. The second-order valence-electron chi connectivity index (χ2n) is 2.14. The third kappa shape index (κ3) is 0.690. The third-order valence-electron chi connectivity index (χ3n) is 1.58. The fourth-order valence-corrected chi connectivity index (χ4v) is 0.773. The Morgan fingerprint density at radius 1 is 1.88 bits per heavy atom. The van der Waals surface area contributed by atoms with Crippen LogP contribution in [0.2, 0.25) is 0 Å². The molecule has 1 heterocycles. The maximum absolute atomic E-state index is 10.2. The molecule has 0 aromatic heterocycles. The zero-order chi connectivity index (χ0) is 6.15. The van der Waals surface area contributed by atoms with Gasteiger partial charge in [0.2, 0.25) is 0 Å². The highest BCUT2D eigenvalue weighted by Crippen LogP contribution is 2.11. The van der Waals surface area contributed by atoms with E-state index in [2.05, 4.69) is 5.32 Å². The average molecular weight is 115 g/mol. The molecule has 1 unspecified atom stereocenters. The maximum Gasteiger partial charge on any atom is 0.309 e. The number of hydrogen-bond donors (Lipinski definition) is 2. The SMILES string of the molecule is C[C@H]1NCC1C(=O)O. The Morgan fingerprint density at radius 2 is 2.50 bits per heavy atom. The van der Waals surface area contributed by atoms with Crippen molar-refractivity contribution in [1.82, 2.24) is 5.32 Å². The Hall–Kier alpha value is -0.570. The third-order valence-corrected chi connectivity index (χ3v) is 1.58. The van der Waals surface area contributed by atoms with E-state index in [1.165, 1.54) is 0 Å². The maximum atomic E-state index is 10.2. The highest BCUT2D eigenvalue weighted by molar-refractivity contribution is 5.72. The van der Waals surface area contributed by atoms with Crippen LogP contribution >= 0.6 is 0 Å². The zero-order valence-electron chi connectivity index (χ0n) is 4.72. The topological polar surface area (TPSA) is 49.3 Å². The van der Waals surface area contributed by atoms with Gasteiger partial charge in [-0.1, -0.05) is 0 Å². The van der Waals surface area contributed by atoms with Crippen molar-refractivity contribution in [2.75, 3.05) is 6.54 Å². The van der Waals surface area contributed by atoms with Gasteiger partial charge in [0.15, 0.2) is 0 Å². The largest absolute Gasteiger partial charge is 0.481 e. The molecule has 1 rings (SSSR count). The van der Waals surface area contributed by atoms with Crippen LogP contribution in [0.5, 0.6) is 0 Å². The Morgan fingerprint density at radius 3 is 2.50 bits per heavy atom. The van der Waals surface area contributed by atoms with Gasteiger partial charge in [-0.05, 0) is 6.92 Å². The minimum Gasteiger partial charge on any atom is -0.481 e. The molecule has 46 valence electrons. The summed E-state index contributed by atoms with van der Waals surface area (Å²) in [5, 5.41) is 11.3. The number of carboxylic acid groups (broad SMARTS) is 1. The van der Waals surface area contributed by atoms with Gasteiger partial charge in [-0.25, -0.2) is 0 Å². The van der Waals surface area contributed by atoms with Gasteiger partial charge in [-0.2, -0.15) is 0 Å². The molecule has 1 aliphatic heterocycles. The van der Waals surface area contributed by atoms with Crippen LogP contribution < -0.4 is 5.32 Å². The molecule has 0 aliphatic carbocycles. The lowest BCUT2D eigenvalue weighted by Gasteiger charge is -2.31. The Balaban J connectivity index is 2.37.